The summed E-state index contributed by atoms with van der Waals surface area (Å²) in [5.41, 5.74) is 14.6. The first kappa shape index (κ1) is 103. The van der Waals surface area contributed by atoms with Gasteiger partial charge in [0.2, 0.25) is 9.84 Å². The third-order valence-corrected chi connectivity index (χ3v) is 23.9. The van der Waals surface area contributed by atoms with Crippen LogP contribution in [0.15, 0.2) is 307 Å². The topological polar surface area (TPSA) is 128 Å². The Bertz CT molecular complexity index is 5750. The largest absolute Gasteiger partial charge is 0.489 e. The molecule has 0 aliphatic rings. The summed E-state index contributed by atoms with van der Waals surface area (Å²) >= 11 is 26.4. The van der Waals surface area contributed by atoms with E-state index in [1.165, 1.54) is 68.8 Å². The molecule has 0 saturated carbocycles. The molecule has 0 bridgehead atoms. The smallest absolute Gasteiger partial charge is 0.206 e. The Labute approximate surface area is 782 Å². The summed E-state index contributed by atoms with van der Waals surface area (Å²) in [6, 6.07) is 83.9. The molecule has 3 heterocycles. The minimum absolute atomic E-state index is 0.0229. The first-order valence-electron chi connectivity index (χ1n) is 42.7. The van der Waals surface area contributed by atoms with E-state index in [1.54, 1.807) is 84.5 Å². The van der Waals surface area contributed by atoms with E-state index in [2.05, 4.69) is 170 Å². The Balaban J connectivity index is 0.000000185. The predicted molar refractivity (Wildman–Crippen MR) is 526 cm³/mol. The Morgan fingerprint density at radius 1 is 0.359 bits per heavy atom. The van der Waals surface area contributed by atoms with Crippen molar-refractivity contribution in [3.63, 3.8) is 0 Å². The van der Waals surface area contributed by atoms with E-state index in [4.69, 9.17) is 74.8 Å². The Hall–Kier alpha value is -10.9. The number of benzene rings is 11. The molecule has 128 heavy (non-hydrogen) atoms. The molecular weight excluding hydrogens is 1720 g/mol. The van der Waals surface area contributed by atoms with Gasteiger partial charge in [0.05, 0.1) is 36.7 Å². The van der Waals surface area contributed by atoms with E-state index in [0.717, 1.165) is 50.3 Å². The molecule has 0 saturated heterocycles. The fourth-order valence-electron chi connectivity index (χ4n) is 12.1. The Morgan fingerprint density at radius 2 is 0.820 bits per heavy atom. The average Bonchev–Trinajstić information content (AvgIpc) is 0.833. The maximum absolute atomic E-state index is 13.0. The highest BCUT2D eigenvalue weighted by Crippen LogP contribution is 2.37. The highest BCUT2D eigenvalue weighted by atomic mass is 35.5. The fourth-order valence-corrected chi connectivity index (χ4v) is 14.9. The van der Waals surface area contributed by atoms with Crippen molar-refractivity contribution in [1.29, 1.82) is 0 Å². The van der Waals surface area contributed by atoms with Crippen LogP contribution in [0.4, 0.5) is 8.78 Å². The van der Waals surface area contributed by atoms with Gasteiger partial charge < -0.3 is 28.4 Å². The van der Waals surface area contributed by atoms with E-state index < -0.39 is 9.84 Å². The van der Waals surface area contributed by atoms with Crippen LogP contribution in [-0.2, 0) is 47.1 Å². The molecule has 0 aliphatic carbocycles. The molecule has 0 aliphatic heterocycles. The number of nitrogens with zero attached hydrogens (tertiary/aromatic N) is 3. The second-order valence-electron chi connectivity index (χ2n) is 34.2. The molecule has 0 radical (unpaired) electrons. The molecule has 19 heteroatoms. The SMILES string of the molecule is CC(C)(C)c1ccc(S(=O)(=O)c2ccccc2)cc1.CC(C)c1ccc(COc2cccc(F)c2)c(Cl)c1.CC(C)c1ccc(OCc2cccc(F)c2)c(Cl)c1.CC(C)c1ccc(OCc2nccs2)c(Cl)c1.Cc1cc(C(C)C)ccc1OCc1ccccn1.Cc1cc(C(C)C)ccc1Oc1ccccc1.Cc1ccc(Oc2ccc(C(C)(C)C)cc2Cl)cn1. The van der Waals surface area contributed by atoms with Gasteiger partial charge in [-0.15, -0.1) is 11.3 Å². The van der Waals surface area contributed by atoms with Gasteiger partial charge in [-0.05, 0) is 256 Å². The minimum Gasteiger partial charge on any atom is -0.489 e. The van der Waals surface area contributed by atoms with Crippen molar-refractivity contribution in [1.82, 2.24) is 15.0 Å². The Morgan fingerprint density at radius 3 is 1.30 bits per heavy atom. The number of aromatic nitrogens is 3. The third kappa shape index (κ3) is 34.0. The number of para-hydroxylation sites is 1. The summed E-state index contributed by atoms with van der Waals surface area (Å²) in [6.45, 7) is 42.1. The number of rotatable bonds is 23. The molecule has 11 nitrogen and oxygen atoms in total. The van der Waals surface area contributed by atoms with Crippen molar-refractivity contribution >= 4 is 67.6 Å². The van der Waals surface area contributed by atoms with Gasteiger partial charge in [0.15, 0.2) is 0 Å². The van der Waals surface area contributed by atoms with Gasteiger partial charge in [-0.3, -0.25) is 9.97 Å². The van der Waals surface area contributed by atoms with Crippen molar-refractivity contribution in [3.8, 4) is 46.0 Å². The number of hydrogen-bond donors (Lipinski definition) is 0. The highest BCUT2D eigenvalue weighted by molar-refractivity contribution is 7.91. The van der Waals surface area contributed by atoms with Gasteiger partial charge >= 0.3 is 0 Å². The van der Waals surface area contributed by atoms with Gasteiger partial charge in [-0.2, -0.15) is 0 Å². The van der Waals surface area contributed by atoms with E-state index in [0.29, 0.717) is 115 Å². The molecule has 11 aromatic carbocycles. The molecule has 14 rings (SSSR count). The van der Waals surface area contributed by atoms with Crippen molar-refractivity contribution in [2.75, 3.05) is 0 Å². The number of hydrogen-bond acceptors (Lipinski definition) is 12. The summed E-state index contributed by atoms with van der Waals surface area (Å²) in [5.74, 6) is 7.81. The summed E-state index contributed by atoms with van der Waals surface area (Å²) < 4.78 is 85.0. The number of halogens is 6. The normalized spacial score (nSPS) is 11.1. The monoisotopic (exact) mass is 1840 g/mol. The van der Waals surface area contributed by atoms with E-state index in [9.17, 15) is 17.2 Å². The highest BCUT2D eigenvalue weighted by Gasteiger charge is 2.21. The molecule has 0 N–H and O–H groups in total. The number of ether oxygens (including phenoxy) is 6. The number of pyridine rings is 2. The summed E-state index contributed by atoms with van der Waals surface area (Å²) in [6.07, 6.45) is 5.25. The Kier molecular flexibility index (Phi) is 40.2. The fraction of sp³-hybridized carbons (Fsp3) is 0.275. The summed E-state index contributed by atoms with van der Waals surface area (Å²) in [7, 11) is -3.40. The zero-order valence-electron chi connectivity index (χ0n) is 76.7. The first-order chi connectivity index (χ1) is 60.8. The van der Waals surface area contributed by atoms with Crippen LogP contribution in [0.3, 0.4) is 0 Å². The van der Waals surface area contributed by atoms with Crippen molar-refractivity contribution in [2.45, 2.75) is 208 Å². The molecule has 0 atom stereocenters. The summed E-state index contributed by atoms with van der Waals surface area (Å²) in [4.78, 5) is 13.3. The molecule has 0 fully saturated rings. The van der Waals surface area contributed by atoms with Crippen molar-refractivity contribution < 1.29 is 45.6 Å². The van der Waals surface area contributed by atoms with Gasteiger partial charge in [0.1, 0.15) is 89.1 Å². The quantitative estimate of drug-likeness (QED) is 0.0607. The van der Waals surface area contributed by atoms with Gasteiger partial charge in [-0.25, -0.2) is 22.2 Å². The first-order valence-corrected chi connectivity index (χ1v) is 46.6. The number of aryl methyl sites for hydroxylation is 3. The lowest BCUT2D eigenvalue weighted by atomic mass is 9.87. The standard InChI is InChI=1S/2C16H16ClFO.C16H18ClNO.C16H19NO.C16H18O2S.C16H18O.C13H14ClNOS/c1-11(2)12-6-7-13(16(17)8-12)10-19-15-5-3-4-14(18)9-15;1-11(2)13-6-7-16(15(17)9-13)19-10-12-4-3-5-14(18)8-12;1-11-5-7-13(10-18-11)19-15-8-6-12(9-14(15)17)16(2,3)4;1-12(2)14-7-8-16(13(3)10-14)18-11-15-6-4-5-9-17-15;1-16(2,3)13-9-11-15(12-10-13)19(17,18)14-7-5-4-6-8-14;1-12(2)14-9-10-16(13(3)11-14)17-15-7-5-4-6-8-15;1-9(2)10-3-4-12(11(14)7-10)16-8-13-15-5-6-17-13/h2*3-9,11H,10H2,1-2H3;5-10H,1-4H3;4-10,12H,11H2,1-3H3;4-12H,1-3H3;4-12H,1-3H3;3-7,9H,8H2,1-2H3. The maximum Gasteiger partial charge on any atom is 0.206 e. The molecule has 3 aromatic heterocycles. The predicted octanol–water partition coefficient (Wildman–Crippen LogP) is 32.8. The lowest BCUT2D eigenvalue weighted by molar-refractivity contribution is 0.299. The van der Waals surface area contributed by atoms with Crippen LogP contribution in [-0.4, -0.2) is 23.4 Å². The summed E-state index contributed by atoms with van der Waals surface area (Å²) in [5, 5.41) is 5.43. The number of sulfone groups is 1. The zero-order valence-corrected chi connectivity index (χ0v) is 81.4. The van der Waals surface area contributed by atoms with Crippen LogP contribution in [0.1, 0.15) is 218 Å². The molecule has 0 amide bonds. The van der Waals surface area contributed by atoms with E-state index >= 15 is 0 Å². The van der Waals surface area contributed by atoms with Crippen LogP contribution in [0.5, 0.6) is 46.0 Å². The van der Waals surface area contributed by atoms with E-state index in [-0.39, 0.29) is 22.5 Å². The van der Waals surface area contributed by atoms with Gasteiger partial charge in [0.25, 0.3) is 0 Å². The van der Waals surface area contributed by atoms with Crippen LogP contribution < -0.4 is 28.4 Å². The van der Waals surface area contributed by atoms with Crippen LogP contribution in [0.2, 0.25) is 20.1 Å². The van der Waals surface area contributed by atoms with Crippen LogP contribution in [0.25, 0.3) is 0 Å². The van der Waals surface area contributed by atoms with Crippen molar-refractivity contribution in [2.24, 2.45) is 0 Å². The lowest BCUT2D eigenvalue weighted by Gasteiger charge is -2.20. The lowest BCUT2D eigenvalue weighted by Crippen LogP contribution is -2.11. The molecule has 14 aromatic rings. The van der Waals surface area contributed by atoms with Crippen molar-refractivity contribution in [3.05, 3.63) is 406 Å². The maximum atomic E-state index is 13.0. The average molecular weight is 1840 g/mol. The number of thiazole rings is 1. The van der Waals surface area contributed by atoms with E-state index in [1.807, 2.05) is 176 Å². The van der Waals surface area contributed by atoms with Crippen LogP contribution in [0, 0.1) is 32.4 Å². The second-order valence-corrected chi connectivity index (χ2v) is 38.7. The zero-order chi connectivity index (χ0) is 93.3. The minimum atomic E-state index is -3.40. The third-order valence-electron chi connectivity index (χ3n) is 20.1. The molecular formula is C109H119Cl4F2N3O8S2. The molecule has 0 spiro atoms. The molecule has 0 unspecified atom stereocenters. The second kappa shape index (κ2) is 50.2. The van der Waals surface area contributed by atoms with Crippen LogP contribution >= 0.6 is 57.7 Å². The van der Waals surface area contributed by atoms with Gasteiger partial charge in [-0.1, -0.05) is 285 Å². The molecule has 672 valence electrons. The van der Waals surface area contributed by atoms with Gasteiger partial charge in [0, 0.05) is 40.1 Å².